The van der Waals surface area contributed by atoms with E-state index in [1.54, 1.807) is 0 Å². The van der Waals surface area contributed by atoms with E-state index in [4.69, 9.17) is 0 Å². The standard InChI is InChI=1S/C65H52N2/c1-63(2)51-31-11-10-23-47(51)60-48(30-20-34-54(60)63)59-43-26-16-24-41(45-28-18-35-55-61(45)66-57-37-14-12-32-52(57)64(55,3)4)49(43)39-50-42(25-17-27-44(50)59)46-29-19-36-56-62(46)67(40-21-8-7-9-22-40)58-38-15-13-33-53(58)65(56,5)6/h7-39,66H,1-6H3. The van der Waals surface area contributed by atoms with Crippen molar-refractivity contribution in [2.75, 3.05) is 10.2 Å². The van der Waals surface area contributed by atoms with E-state index < -0.39 is 0 Å². The van der Waals surface area contributed by atoms with Crippen LogP contribution in [-0.2, 0) is 16.2 Å². The number of benzene rings is 10. The van der Waals surface area contributed by atoms with Crippen LogP contribution in [0, 0.1) is 0 Å². The van der Waals surface area contributed by atoms with Crippen molar-refractivity contribution < 1.29 is 0 Å². The van der Waals surface area contributed by atoms with Crippen molar-refractivity contribution in [3.05, 3.63) is 234 Å². The molecule has 2 heterocycles. The second-order valence-electron chi connectivity index (χ2n) is 20.5. The van der Waals surface area contributed by atoms with Crippen molar-refractivity contribution in [3.63, 3.8) is 0 Å². The Balaban J connectivity index is 1.16. The van der Waals surface area contributed by atoms with Crippen LogP contribution in [0.1, 0.15) is 74.9 Å². The molecule has 1 N–H and O–H groups in total. The van der Waals surface area contributed by atoms with Gasteiger partial charge in [0.2, 0.25) is 0 Å². The van der Waals surface area contributed by atoms with Crippen LogP contribution in [0.5, 0.6) is 0 Å². The van der Waals surface area contributed by atoms with Gasteiger partial charge < -0.3 is 10.2 Å². The van der Waals surface area contributed by atoms with Crippen LogP contribution in [-0.4, -0.2) is 0 Å². The van der Waals surface area contributed by atoms with Gasteiger partial charge >= 0.3 is 0 Å². The third kappa shape index (κ3) is 5.50. The van der Waals surface area contributed by atoms with E-state index in [-0.39, 0.29) is 16.2 Å². The minimum Gasteiger partial charge on any atom is -0.355 e. The lowest BCUT2D eigenvalue weighted by molar-refractivity contribution is 0.632. The van der Waals surface area contributed by atoms with E-state index in [2.05, 4.69) is 252 Å². The predicted molar refractivity (Wildman–Crippen MR) is 284 cm³/mol. The molecule has 10 aromatic carbocycles. The Labute approximate surface area is 394 Å². The highest BCUT2D eigenvalue weighted by atomic mass is 15.2. The van der Waals surface area contributed by atoms with Gasteiger partial charge in [-0.1, -0.05) is 211 Å². The molecule has 2 heteroatoms. The van der Waals surface area contributed by atoms with Crippen molar-refractivity contribution in [2.45, 2.75) is 57.8 Å². The van der Waals surface area contributed by atoms with Gasteiger partial charge in [-0.3, -0.25) is 0 Å². The molecule has 1 aliphatic carbocycles. The second-order valence-corrected chi connectivity index (χ2v) is 20.5. The maximum Gasteiger partial charge on any atom is 0.0581 e. The number of fused-ring (bicyclic) bond motifs is 9. The highest BCUT2D eigenvalue weighted by molar-refractivity contribution is 6.21. The highest BCUT2D eigenvalue weighted by Crippen LogP contribution is 2.58. The summed E-state index contributed by atoms with van der Waals surface area (Å²) in [7, 11) is 0. The van der Waals surface area contributed by atoms with Gasteiger partial charge in [0.15, 0.2) is 0 Å². The topological polar surface area (TPSA) is 15.3 Å². The summed E-state index contributed by atoms with van der Waals surface area (Å²) in [4.78, 5) is 2.52. The molecule has 2 aliphatic heterocycles. The van der Waals surface area contributed by atoms with Gasteiger partial charge in [0, 0.05) is 38.7 Å². The molecule has 0 unspecified atom stereocenters. The molecule has 0 saturated heterocycles. The van der Waals surface area contributed by atoms with Crippen molar-refractivity contribution in [3.8, 4) is 44.5 Å². The van der Waals surface area contributed by atoms with Crippen LogP contribution in [0.25, 0.3) is 66.1 Å². The Morgan fingerprint density at radius 3 is 1.57 bits per heavy atom. The van der Waals surface area contributed by atoms with Crippen LogP contribution >= 0.6 is 0 Å². The third-order valence-corrected chi connectivity index (χ3v) is 15.9. The zero-order valence-electron chi connectivity index (χ0n) is 39.0. The maximum absolute atomic E-state index is 3.97. The third-order valence-electron chi connectivity index (χ3n) is 15.9. The number of rotatable bonds is 4. The Bertz CT molecular complexity index is 3700. The first-order valence-corrected chi connectivity index (χ1v) is 23.9. The van der Waals surface area contributed by atoms with E-state index in [0.29, 0.717) is 0 Å². The molecule has 0 atom stereocenters. The summed E-state index contributed by atoms with van der Waals surface area (Å²) in [6.07, 6.45) is 0. The highest BCUT2D eigenvalue weighted by Gasteiger charge is 2.40. The van der Waals surface area contributed by atoms with E-state index in [0.717, 1.165) is 5.69 Å². The van der Waals surface area contributed by atoms with Gasteiger partial charge in [0.25, 0.3) is 0 Å². The molecule has 322 valence electrons. The predicted octanol–water partition coefficient (Wildman–Crippen LogP) is 17.8. The number of hydrogen-bond donors (Lipinski definition) is 1. The van der Waals surface area contributed by atoms with Gasteiger partial charge in [-0.05, 0) is 119 Å². The minimum absolute atomic E-state index is 0.135. The zero-order chi connectivity index (χ0) is 45.4. The van der Waals surface area contributed by atoms with Crippen LogP contribution in [0.15, 0.2) is 200 Å². The van der Waals surface area contributed by atoms with Crippen molar-refractivity contribution in [1.82, 2.24) is 0 Å². The van der Waals surface area contributed by atoms with Crippen LogP contribution in [0.3, 0.4) is 0 Å². The molecule has 10 aromatic rings. The Kier molecular flexibility index (Phi) is 8.38. The minimum atomic E-state index is -0.237. The monoisotopic (exact) mass is 860 g/mol. The number of anilines is 5. The normalized spacial score (nSPS) is 15.5. The van der Waals surface area contributed by atoms with Crippen LogP contribution < -0.4 is 10.2 Å². The van der Waals surface area contributed by atoms with Gasteiger partial charge in [-0.15, -0.1) is 0 Å². The second kappa shape index (κ2) is 14.2. The molecule has 0 aromatic heterocycles. The van der Waals surface area contributed by atoms with Gasteiger partial charge in [-0.25, -0.2) is 0 Å². The Hall–Kier alpha value is -7.68. The summed E-state index contributed by atoms with van der Waals surface area (Å²) in [5, 5.41) is 8.95. The molecule has 67 heavy (non-hydrogen) atoms. The van der Waals surface area contributed by atoms with Gasteiger partial charge in [0.1, 0.15) is 0 Å². The summed E-state index contributed by atoms with van der Waals surface area (Å²) in [5.74, 6) is 0. The molecule has 0 amide bonds. The van der Waals surface area contributed by atoms with E-state index >= 15 is 0 Å². The lowest BCUT2D eigenvalue weighted by Gasteiger charge is -2.43. The summed E-state index contributed by atoms with van der Waals surface area (Å²) < 4.78 is 0. The molecule has 0 spiro atoms. The van der Waals surface area contributed by atoms with Crippen molar-refractivity contribution in [1.29, 1.82) is 0 Å². The molecule has 3 aliphatic rings. The van der Waals surface area contributed by atoms with Crippen molar-refractivity contribution >= 4 is 50.0 Å². The fraction of sp³-hybridized carbons (Fsp3) is 0.138. The average molecular weight is 861 g/mol. The largest absolute Gasteiger partial charge is 0.355 e. The quantitative estimate of drug-likeness (QED) is 0.177. The first-order chi connectivity index (χ1) is 32.5. The number of nitrogens with zero attached hydrogens (tertiary/aromatic N) is 1. The first-order valence-electron chi connectivity index (χ1n) is 23.9. The lowest BCUT2D eigenvalue weighted by Crippen LogP contribution is -2.31. The Morgan fingerprint density at radius 2 is 0.821 bits per heavy atom. The number of para-hydroxylation sites is 5. The first kappa shape index (κ1) is 39.7. The molecule has 0 bridgehead atoms. The number of nitrogens with one attached hydrogen (secondary N) is 1. The summed E-state index contributed by atoms with van der Waals surface area (Å²) in [5.41, 5.74) is 23.5. The molecular weight excluding hydrogens is 809 g/mol. The maximum atomic E-state index is 3.97. The lowest BCUT2D eigenvalue weighted by atomic mass is 9.72. The molecule has 0 fully saturated rings. The summed E-state index contributed by atoms with van der Waals surface area (Å²) in [6.45, 7) is 14.3. The smallest absolute Gasteiger partial charge is 0.0581 e. The molecule has 0 saturated carbocycles. The number of hydrogen-bond acceptors (Lipinski definition) is 2. The van der Waals surface area contributed by atoms with E-state index in [1.165, 1.54) is 122 Å². The van der Waals surface area contributed by atoms with Crippen LogP contribution in [0.4, 0.5) is 28.4 Å². The fourth-order valence-corrected chi connectivity index (χ4v) is 12.6. The molecule has 0 radical (unpaired) electrons. The molecule has 2 nitrogen and oxygen atoms in total. The van der Waals surface area contributed by atoms with Crippen molar-refractivity contribution in [2.24, 2.45) is 0 Å². The molecule has 13 rings (SSSR count). The average Bonchev–Trinajstić information content (AvgIpc) is 3.59. The van der Waals surface area contributed by atoms with E-state index in [1.807, 2.05) is 0 Å². The van der Waals surface area contributed by atoms with Gasteiger partial charge in [0.05, 0.1) is 17.1 Å². The zero-order valence-corrected chi connectivity index (χ0v) is 39.0. The van der Waals surface area contributed by atoms with Gasteiger partial charge in [-0.2, -0.15) is 0 Å². The fourth-order valence-electron chi connectivity index (χ4n) is 12.6. The van der Waals surface area contributed by atoms with Crippen LogP contribution in [0.2, 0.25) is 0 Å². The Morgan fingerprint density at radius 1 is 0.328 bits per heavy atom. The molecular formula is C65H52N2. The summed E-state index contributed by atoms with van der Waals surface area (Å²) in [6, 6.07) is 75.3. The SMILES string of the molecule is CC1(C)c2ccccc2Nc2c(-c3cccc4c(-c5cccc6c5-c5ccccc5C6(C)C)c5cccc(-c6cccc7c6N(c6ccccc6)c6ccccc6C7(C)C)c5cc34)cccc21. The van der Waals surface area contributed by atoms with E-state index in [9.17, 15) is 0 Å². The summed E-state index contributed by atoms with van der Waals surface area (Å²) >= 11 is 0.